The Morgan fingerprint density at radius 2 is 2.14 bits per heavy atom. The van der Waals surface area contributed by atoms with Crippen molar-refractivity contribution in [3.63, 3.8) is 0 Å². The van der Waals surface area contributed by atoms with Crippen molar-refractivity contribution in [2.75, 3.05) is 0 Å². The maximum Gasteiger partial charge on any atom is 0.128 e. The predicted molar refractivity (Wildman–Crippen MR) is 50.9 cm³/mol. The number of hydrogen-bond donors (Lipinski definition) is 3. The number of nitrogens with two attached hydrogens (primary N) is 1. The van der Waals surface area contributed by atoms with E-state index in [-0.39, 0.29) is 12.2 Å². The van der Waals surface area contributed by atoms with Crippen LogP contribution in [0.1, 0.15) is 24.1 Å². The second kappa shape index (κ2) is 4.50. The first kappa shape index (κ1) is 11.1. The van der Waals surface area contributed by atoms with Gasteiger partial charge in [0.25, 0.3) is 0 Å². The number of aliphatic hydroxyl groups excluding tert-OH is 2. The predicted octanol–water partition coefficient (Wildman–Crippen LogP) is 0.699. The van der Waals surface area contributed by atoms with E-state index < -0.39 is 18.0 Å². The van der Waals surface area contributed by atoms with Crippen LogP contribution in [0.4, 0.5) is 4.39 Å². The van der Waals surface area contributed by atoms with Crippen molar-refractivity contribution in [2.24, 2.45) is 5.73 Å². The Labute approximate surface area is 82.0 Å². The summed E-state index contributed by atoms with van der Waals surface area (Å²) in [5, 5.41) is 18.1. The van der Waals surface area contributed by atoms with E-state index in [1.165, 1.54) is 25.1 Å². The van der Waals surface area contributed by atoms with Crippen molar-refractivity contribution in [1.29, 1.82) is 0 Å². The summed E-state index contributed by atoms with van der Waals surface area (Å²) in [6.45, 7) is 1.33. The minimum absolute atomic E-state index is 0.167. The van der Waals surface area contributed by atoms with Gasteiger partial charge in [0.05, 0.1) is 18.8 Å². The molecule has 2 atom stereocenters. The largest absolute Gasteiger partial charge is 0.392 e. The molecule has 1 aromatic carbocycles. The Balaban J connectivity index is 3.05. The summed E-state index contributed by atoms with van der Waals surface area (Å²) in [5.74, 6) is -0.462. The van der Waals surface area contributed by atoms with Crippen LogP contribution in [0.25, 0.3) is 0 Å². The van der Waals surface area contributed by atoms with E-state index in [1.807, 2.05) is 0 Å². The van der Waals surface area contributed by atoms with Crippen LogP contribution in [0.3, 0.4) is 0 Å². The summed E-state index contributed by atoms with van der Waals surface area (Å²) < 4.78 is 13.2. The van der Waals surface area contributed by atoms with E-state index >= 15 is 0 Å². The Hall–Kier alpha value is -0.970. The lowest BCUT2D eigenvalue weighted by Gasteiger charge is -2.16. The average molecular weight is 199 g/mol. The molecule has 1 rings (SSSR count). The fourth-order valence-electron chi connectivity index (χ4n) is 1.21. The van der Waals surface area contributed by atoms with E-state index in [0.717, 1.165) is 0 Å². The van der Waals surface area contributed by atoms with Crippen LogP contribution in [-0.2, 0) is 6.61 Å². The summed E-state index contributed by atoms with van der Waals surface area (Å²) in [6.07, 6.45) is -0.821. The van der Waals surface area contributed by atoms with Crippen LogP contribution >= 0.6 is 0 Å². The van der Waals surface area contributed by atoms with Gasteiger partial charge in [0.15, 0.2) is 0 Å². The van der Waals surface area contributed by atoms with E-state index in [4.69, 9.17) is 10.8 Å². The maximum absolute atomic E-state index is 13.2. The third kappa shape index (κ3) is 2.29. The van der Waals surface area contributed by atoms with Gasteiger partial charge in [-0.1, -0.05) is 6.07 Å². The Morgan fingerprint density at radius 3 is 2.64 bits per heavy atom. The van der Waals surface area contributed by atoms with Crippen LogP contribution in [-0.4, -0.2) is 16.3 Å². The zero-order valence-electron chi connectivity index (χ0n) is 7.94. The van der Waals surface area contributed by atoms with Gasteiger partial charge in [-0.25, -0.2) is 4.39 Å². The van der Waals surface area contributed by atoms with E-state index in [2.05, 4.69) is 0 Å². The smallest absolute Gasteiger partial charge is 0.128 e. The lowest BCUT2D eigenvalue weighted by Crippen LogP contribution is -2.24. The molecule has 2 unspecified atom stereocenters. The maximum atomic E-state index is 13.2. The van der Waals surface area contributed by atoms with Gasteiger partial charge in [-0.05, 0) is 24.6 Å². The van der Waals surface area contributed by atoms with Crippen molar-refractivity contribution >= 4 is 0 Å². The van der Waals surface area contributed by atoms with Crippen LogP contribution < -0.4 is 5.73 Å². The van der Waals surface area contributed by atoms with Gasteiger partial charge in [-0.3, -0.25) is 0 Å². The Bertz CT molecular complexity index is 315. The Morgan fingerprint density at radius 1 is 1.50 bits per heavy atom. The highest BCUT2D eigenvalue weighted by atomic mass is 19.1. The molecule has 0 aliphatic carbocycles. The molecule has 4 N–H and O–H groups in total. The minimum Gasteiger partial charge on any atom is -0.392 e. The van der Waals surface area contributed by atoms with Crippen LogP contribution in [0.2, 0.25) is 0 Å². The van der Waals surface area contributed by atoms with Crippen molar-refractivity contribution < 1.29 is 14.6 Å². The highest BCUT2D eigenvalue weighted by Gasteiger charge is 2.16. The third-order valence-electron chi connectivity index (χ3n) is 2.12. The molecule has 0 fully saturated rings. The molecule has 0 saturated carbocycles. The normalized spacial score (nSPS) is 15.2. The Kier molecular flexibility index (Phi) is 3.57. The van der Waals surface area contributed by atoms with Crippen molar-refractivity contribution in [3.8, 4) is 0 Å². The lowest BCUT2D eigenvalue weighted by atomic mass is 10.0. The van der Waals surface area contributed by atoms with Gasteiger partial charge in [0, 0.05) is 5.56 Å². The molecular weight excluding hydrogens is 185 g/mol. The molecule has 4 heteroatoms. The number of rotatable bonds is 3. The van der Waals surface area contributed by atoms with Gasteiger partial charge < -0.3 is 15.9 Å². The summed E-state index contributed by atoms with van der Waals surface area (Å²) in [6, 6.07) is 3.42. The van der Waals surface area contributed by atoms with Gasteiger partial charge in [0.2, 0.25) is 0 Å². The van der Waals surface area contributed by atoms with Crippen molar-refractivity contribution in [1.82, 2.24) is 0 Å². The number of halogens is 1. The average Bonchev–Trinajstić information content (AvgIpc) is 2.17. The molecule has 0 heterocycles. The highest BCUT2D eigenvalue weighted by Crippen LogP contribution is 2.19. The molecule has 0 spiro atoms. The monoisotopic (exact) mass is 199 g/mol. The molecule has 1 aromatic rings. The number of aliphatic hydroxyl groups is 2. The van der Waals surface area contributed by atoms with Crippen LogP contribution in [0.5, 0.6) is 0 Å². The molecule has 0 saturated heterocycles. The molecule has 0 aliphatic heterocycles. The second-order valence-electron chi connectivity index (χ2n) is 3.28. The zero-order chi connectivity index (χ0) is 10.7. The molecule has 0 aliphatic rings. The van der Waals surface area contributed by atoms with Crippen LogP contribution in [0.15, 0.2) is 18.2 Å². The lowest BCUT2D eigenvalue weighted by molar-refractivity contribution is 0.162. The molecule has 3 nitrogen and oxygen atoms in total. The van der Waals surface area contributed by atoms with E-state index in [1.54, 1.807) is 0 Å². The topological polar surface area (TPSA) is 66.5 Å². The zero-order valence-corrected chi connectivity index (χ0v) is 7.94. The third-order valence-corrected chi connectivity index (χ3v) is 2.12. The summed E-state index contributed by atoms with van der Waals surface area (Å²) >= 11 is 0. The summed E-state index contributed by atoms with van der Waals surface area (Å²) in [7, 11) is 0. The minimum atomic E-state index is -0.821. The van der Waals surface area contributed by atoms with Crippen molar-refractivity contribution in [3.05, 3.63) is 35.1 Å². The number of hydrogen-bond acceptors (Lipinski definition) is 3. The first-order valence-electron chi connectivity index (χ1n) is 4.39. The van der Waals surface area contributed by atoms with E-state index in [9.17, 15) is 9.50 Å². The van der Waals surface area contributed by atoms with Gasteiger partial charge in [0.1, 0.15) is 5.82 Å². The molecule has 0 radical (unpaired) electrons. The molecular formula is C10H14FNO2. The van der Waals surface area contributed by atoms with Gasteiger partial charge >= 0.3 is 0 Å². The quantitative estimate of drug-likeness (QED) is 0.671. The van der Waals surface area contributed by atoms with Gasteiger partial charge in [-0.2, -0.15) is 0 Å². The first-order valence-corrected chi connectivity index (χ1v) is 4.39. The molecule has 0 bridgehead atoms. The van der Waals surface area contributed by atoms with Crippen LogP contribution in [0, 0.1) is 5.82 Å². The first-order chi connectivity index (χ1) is 6.56. The summed E-state index contributed by atoms with van der Waals surface area (Å²) in [5.41, 5.74) is 6.40. The van der Waals surface area contributed by atoms with Crippen molar-refractivity contribution in [2.45, 2.75) is 25.7 Å². The fourth-order valence-corrected chi connectivity index (χ4v) is 1.21. The molecule has 0 aromatic heterocycles. The second-order valence-corrected chi connectivity index (χ2v) is 3.28. The number of benzene rings is 1. The summed E-state index contributed by atoms with van der Waals surface area (Å²) in [4.78, 5) is 0. The SMILES string of the molecule is CC(O)C(N)c1cc(CO)ccc1F. The fraction of sp³-hybridized carbons (Fsp3) is 0.400. The molecule has 14 heavy (non-hydrogen) atoms. The highest BCUT2D eigenvalue weighted by molar-refractivity contribution is 5.27. The molecule has 78 valence electrons. The standard InChI is InChI=1S/C10H14FNO2/c1-6(14)10(12)8-4-7(5-13)2-3-9(8)11/h2-4,6,10,13-14H,5,12H2,1H3. The van der Waals surface area contributed by atoms with Gasteiger partial charge in [-0.15, -0.1) is 0 Å². The molecule has 0 amide bonds. The van der Waals surface area contributed by atoms with E-state index in [0.29, 0.717) is 5.56 Å².